The number of hydrogen-bond donors (Lipinski definition) is 1. The maximum absolute atomic E-state index is 12.4. The van der Waals surface area contributed by atoms with Gasteiger partial charge in [-0.25, -0.2) is 9.59 Å². The lowest BCUT2D eigenvalue weighted by Crippen LogP contribution is -2.34. The molecule has 0 aromatic carbocycles. The van der Waals surface area contributed by atoms with Gasteiger partial charge in [0.1, 0.15) is 24.6 Å². The first kappa shape index (κ1) is 23.3. The number of ether oxygens (including phenoxy) is 3. The number of aliphatic hydroxyl groups excluding tert-OH is 1. The zero-order chi connectivity index (χ0) is 22.4. The van der Waals surface area contributed by atoms with Crippen molar-refractivity contribution in [3.8, 4) is 0 Å². The van der Waals surface area contributed by atoms with Gasteiger partial charge in [0.25, 0.3) is 0 Å². The van der Waals surface area contributed by atoms with Crippen molar-refractivity contribution in [2.75, 3.05) is 6.61 Å². The van der Waals surface area contributed by atoms with Gasteiger partial charge in [0.2, 0.25) is 0 Å². The molecule has 30 heavy (non-hydrogen) atoms. The molecule has 1 aliphatic carbocycles. The number of esters is 3. The Morgan fingerprint density at radius 2 is 2.03 bits per heavy atom. The maximum Gasteiger partial charge on any atom is 0.334 e. The molecule has 4 unspecified atom stereocenters. The number of fused-ring (bicyclic) bond motifs is 1. The van der Waals surface area contributed by atoms with Gasteiger partial charge in [-0.1, -0.05) is 12.7 Å². The third-order valence-corrected chi connectivity index (χ3v) is 5.07. The van der Waals surface area contributed by atoms with Crippen LogP contribution in [-0.2, 0) is 33.4 Å². The van der Waals surface area contributed by atoms with E-state index in [0.29, 0.717) is 17.4 Å². The Balaban J connectivity index is 2.47. The smallest absolute Gasteiger partial charge is 0.334 e. The van der Waals surface area contributed by atoms with Crippen LogP contribution in [0.15, 0.2) is 47.1 Å². The minimum atomic E-state index is -0.894. The topological polar surface area (TPSA) is 116 Å². The summed E-state index contributed by atoms with van der Waals surface area (Å²) in [4.78, 5) is 47.7. The van der Waals surface area contributed by atoms with E-state index >= 15 is 0 Å². The van der Waals surface area contributed by atoms with Gasteiger partial charge in [-0.05, 0) is 37.1 Å². The Hall–Kier alpha value is -3.00. The van der Waals surface area contributed by atoms with Crippen LogP contribution in [0.25, 0.3) is 0 Å². The van der Waals surface area contributed by atoms with E-state index < -0.39 is 42.1 Å². The van der Waals surface area contributed by atoms with Gasteiger partial charge in [-0.15, -0.1) is 0 Å². The van der Waals surface area contributed by atoms with Crippen LogP contribution in [0.5, 0.6) is 0 Å². The predicted octanol–water partition coefficient (Wildman–Crippen LogP) is 1.73. The minimum absolute atomic E-state index is 0.0259. The highest BCUT2D eigenvalue weighted by atomic mass is 16.6. The van der Waals surface area contributed by atoms with Crippen molar-refractivity contribution in [2.24, 2.45) is 5.92 Å². The van der Waals surface area contributed by atoms with E-state index in [1.54, 1.807) is 19.1 Å². The summed E-state index contributed by atoms with van der Waals surface area (Å²) >= 11 is 0. The number of carbonyl (C=O) groups excluding carboxylic acids is 4. The first-order valence-electron chi connectivity index (χ1n) is 9.56. The van der Waals surface area contributed by atoms with Crippen LogP contribution in [0.4, 0.5) is 0 Å². The molecule has 4 atom stereocenters. The molecule has 1 N–H and O–H groups in total. The monoisotopic (exact) mass is 418 g/mol. The lowest BCUT2D eigenvalue weighted by atomic mass is 9.85. The van der Waals surface area contributed by atoms with Crippen LogP contribution in [0.2, 0.25) is 0 Å². The molecule has 162 valence electrons. The van der Waals surface area contributed by atoms with E-state index in [4.69, 9.17) is 19.3 Å². The normalized spacial score (nSPS) is 27.3. The summed E-state index contributed by atoms with van der Waals surface area (Å²) in [5.41, 5.74) is 1.28. The highest BCUT2D eigenvalue weighted by molar-refractivity contribution is 5.92. The van der Waals surface area contributed by atoms with Gasteiger partial charge in [0.15, 0.2) is 0 Å². The summed E-state index contributed by atoms with van der Waals surface area (Å²) < 4.78 is 16.3. The quantitative estimate of drug-likeness (QED) is 0.236. The van der Waals surface area contributed by atoms with Crippen molar-refractivity contribution in [3.63, 3.8) is 0 Å². The Labute approximate surface area is 174 Å². The molecule has 8 heteroatoms. The predicted molar refractivity (Wildman–Crippen MR) is 106 cm³/mol. The molecule has 8 nitrogen and oxygen atoms in total. The van der Waals surface area contributed by atoms with Crippen molar-refractivity contribution in [1.82, 2.24) is 0 Å². The second-order valence-electron chi connectivity index (χ2n) is 7.28. The molecule has 2 rings (SSSR count). The van der Waals surface area contributed by atoms with Crippen molar-refractivity contribution in [3.05, 3.63) is 47.1 Å². The van der Waals surface area contributed by atoms with Crippen molar-refractivity contribution < 1.29 is 38.5 Å². The van der Waals surface area contributed by atoms with E-state index in [2.05, 4.69) is 6.58 Å². The van der Waals surface area contributed by atoms with Crippen LogP contribution in [0.1, 0.15) is 33.6 Å². The van der Waals surface area contributed by atoms with E-state index in [9.17, 15) is 19.2 Å². The number of aliphatic hydroxyl groups is 1. The highest BCUT2D eigenvalue weighted by Gasteiger charge is 2.45. The molecule has 2 aliphatic rings. The van der Waals surface area contributed by atoms with E-state index in [0.717, 1.165) is 0 Å². The second-order valence-corrected chi connectivity index (χ2v) is 7.28. The molecule has 1 saturated heterocycles. The molecule has 0 radical (unpaired) electrons. The van der Waals surface area contributed by atoms with Gasteiger partial charge in [-0.2, -0.15) is 0 Å². The first-order valence-corrected chi connectivity index (χ1v) is 9.56. The molecule has 0 bridgehead atoms. The van der Waals surface area contributed by atoms with E-state index in [-0.39, 0.29) is 30.6 Å². The fourth-order valence-electron chi connectivity index (χ4n) is 3.44. The second kappa shape index (κ2) is 10.2. The minimum Gasteiger partial charge on any atom is -0.458 e. The molecule has 1 aliphatic heterocycles. The number of aldehydes is 1. The Morgan fingerprint density at radius 3 is 2.63 bits per heavy atom. The van der Waals surface area contributed by atoms with Crippen LogP contribution in [-0.4, -0.2) is 54.2 Å². The average Bonchev–Trinajstić information content (AvgIpc) is 2.95. The van der Waals surface area contributed by atoms with Crippen molar-refractivity contribution in [2.45, 2.75) is 51.9 Å². The number of hydrogen-bond acceptors (Lipinski definition) is 8. The average molecular weight is 418 g/mol. The molecule has 1 fully saturated rings. The fourth-order valence-corrected chi connectivity index (χ4v) is 3.44. The molecular formula is C22H26O8. The Morgan fingerprint density at radius 1 is 1.33 bits per heavy atom. The maximum atomic E-state index is 12.4. The van der Waals surface area contributed by atoms with Crippen LogP contribution in [0, 0.1) is 5.92 Å². The molecule has 0 aromatic rings. The largest absolute Gasteiger partial charge is 0.458 e. The summed E-state index contributed by atoms with van der Waals surface area (Å²) in [5, 5.41) is 9.00. The highest BCUT2D eigenvalue weighted by Crippen LogP contribution is 2.36. The van der Waals surface area contributed by atoms with Gasteiger partial charge in [0.05, 0.1) is 12.5 Å². The Kier molecular flexibility index (Phi) is 7.88. The number of carbonyl (C=O) groups is 4. The van der Waals surface area contributed by atoms with Crippen LogP contribution in [0.3, 0.4) is 0 Å². The zero-order valence-electron chi connectivity index (χ0n) is 17.3. The third kappa shape index (κ3) is 5.54. The SMILES string of the molecule is C=C1C(=O)OC2C=C(C)C(OC(C)=O)CC=C(C=O)CC(OC(=O)C(C)=CCO)C12. The molecule has 0 spiro atoms. The van der Waals surface area contributed by atoms with Crippen molar-refractivity contribution >= 4 is 24.2 Å². The molecule has 0 amide bonds. The van der Waals surface area contributed by atoms with Crippen LogP contribution >= 0.6 is 0 Å². The third-order valence-electron chi connectivity index (χ3n) is 5.07. The van der Waals surface area contributed by atoms with E-state index in [1.165, 1.54) is 19.9 Å². The van der Waals surface area contributed by atoms with Gasteiger partial charge in [-0.3, -0.25) is 9.59 Å². The lowest BCUT2D eigenvalue weighted by Gasteiger charge is -2.28. The summed E-state index contributed by atoms with van der Waals surface area (Å²) in [6.07, 6.45) is 3.17. The van der Waals surface area contributed by atoms with Crippen LogP contribution < -0.4 is 0 Å². The zero-order valence-corrected chi connectivity index (χ0v) is 17.3. The van der Waals surface area contributed by atoms with Gasteiger partial charge < -0.3 is 19.3 Å². The van der Waals surface area contributed by atoms with Crippen molar-refractivity contribution in [1.29, 1.82) is 0 Å². The first-order chi connectivity index (χ1) is 14.2. The summed E-state index contributed by atoms with van der Waals surface area (Å²) in [5.74, 6) is -2.51. The number of rotatable bonds is 5. The molecule has 0 aromatic heterocycles. The molecular weight excluding hydrogens is 392 g/mol. The lowest BCUT2D eigenvalue weighted by molar-refractivity contribution is -0.148. The van der Waals surface area contributed by atoms with Gasteiger partial charge in [0, 0.05) is 30.9 Å². The summed E-state index contributed by atoms with van der Waals surface area (Å²) in [6, 6.07) is 0. The standard InChI is InChI=1S/C22H26O8/c1-12(7-8-23)21(26)29-19-10-16(11-24)5-6-17(28-15(4)25)13(2)9-18-20(19)14(3)22(27)30-18/h5,7,9,11,17-20,23H,3,6,8,10H2,1-2,4H3. The molecule has 0 saturated carbocycles. The molecule has 1 heterocycles. The van der Waals surface area contributed by atoms with E-state index in [1.807, 2.05) is 0 Å². The summed E-state index contributed by atoms with van der Waals surface area (Å²) in [7, 11) is 0. The van der Waals surface area contributed by atoms with Gasteiger partial charge >= 0.3 is 17.9 Å². The fraction of sp³-hybridized carbons (Fsp3) is 0.455. The summed E-state index contributed by atoms with van der Waals surface area (Å²) in [6.45, 7) is 7.96. The Bertz CT molecular complexity index is 832.